The standard InChI is InChI=1S/C13H21N7O/c14-19-12-16-11(15-9-7-8-3-4-10(9)21-8)17-13(18-12)20-5-1-2-6-20/h8-10H,1-7,14H2,(H2,15,16,17,18,19). The van der Waals surface area contributed by atoms with Crippen molar-refractivity contribution < 1.29 is 4.74 Å². The molecule has 114 valence electrons. The zero-order valence-electron chi connectivity index (χ0n) is 12.0. The summed E-state index contributed by atoms with van der Waals surface area (Å²) < 4.78 is 5.86. The smallest absolute Gasteiger partial charge is 0.243 e. The summed E-state index contributed by atoms with van der Waals surface area (Å²) in [6.07, 6.45) is 6.38. The molecule has 0 amide bonds. The molecule has 4 N–H and O–H groups in total. The van der Waals surface area contributed by atoms with Crippen molar-refractivity contribution in [2.24, 2.45) is 5.84 Å². The van der Waals surface area contributed by atoms with E-state index in [1.54, 1.807) is 0 Å². The normalized spacial score (nSPS) is 30.9. The van der Waals surface area contributed by atoms with Crippen LogP contribution in [0.25, 0.3) is 0 Å². The van der Waals surface area contributed by atoms with Gasteiger partial charge in [0.2, 0.25) is 17.8 Å². The zero-order chi connectivity index (χ0) is 14.2. The average molecular weight is 291 g/mol. The molecular formula is C13H21N7O. The molecule has 8 nitrogen and oxygen atoms in total. The number of hydrogen-bond donors (Lipinski definition) is 3. The van der Waals surface area contributed by atoms with Crippen LogP contribution in [0.2, 0.25) is 0 Å². The van der Waals surface area contributed by atoms with Gasteiger partial charge < -0.3 is 15.0 Å². The molecule has 3 atom stereocenters. The lowest BCUT2D eigenvalue weighted by Crippen LogP contribution is -2.32. The Bertz CT molecular complexity index is 519. The van der Waals surface area contributed by atoms with Crippen molar-refractivity contribution >= 4 is 17.8 Å². The van der Waals surface area contributed by atoms with Crippen molar-refractivity contribution in [3.63, 3.8) is 0 Å². The summed E-state index contributed by atoms with van der Waals surface area (Å²) in [5.41, 5.74) is 2.53. The predicted octanol–water partition coefficient (Wildman–Crippen LogP) is 0.489. The first-order valence-corrected chi connectivity index (χ1v) is 7.71. The average Bonchev–Trinajstić information content (AvgIpc) is 3.24. The number of ether oxygens (including phenoxy) is 1. The second kappa shape index (κ2) is 5.27. The lowest BCUT2D eigenvalue weighted by atomic mass is 9.96. The predicted molar refractivity (Wildman–Crippen MR) is 79.0 cm³/mol. The molecule has 4 heterocycles. The second-order valence-electron chi connectivity index (χ2n) is 5.98. The monoisotopic (exact) mass is 291 g/mol. The van der Waals surface area contributed by atoms with Crippen LogP contribution >= 0.6 is 0 Å². The first-order chi connectivity index (χ1) is 10.3. The van der Waals surface area contributed by atoms with Crippen LogP contribution in [0.5, 0.6) is 0 Å². The fraction of sp³-hybridized carbons (Fsp3) is 0.769. The molecule has 3 aliphatic heterocycles. The van der Waals surface area contributed by atoms with Crippen molar-refractivity contribution in [3.05, 3.63) is 0 Å². The molecule has 1 aromatic heterocycles. The maximum atomic E-state index is 5.86. The molecule has 2 bridgehead atoms. The Hall–Kier alpha value is -1.67. The summed E-state index contributed by atoms with van der Waals surface area (Å²) in [5.74, 6) is 7.16. The number of nitrogens with two attached hydrogens (primary N) is 1. The highest BCUT2D eigenvalue weighted by Crippen LogP contribution is 2.35. The van der Waals surface area contributed by atoms with E-state index in [4.69, 9.17) is 10.6 Å². The lowest BCUT2D eigenvalue weighted by molar-refractivity contribution is 0.102. The Balaban J connectivity index is 1.54. The number of rotatable bonds is 4. The molecule has 3 aliphatic rings. The quantitative estimate of drug-likeness (QED) is 0.544. The third kappa shape index (κ3) is 2.49. The number of hydrazine groups is 1. The van der Waals surface area contributed by atoms with Crippen molar-refractivity contribution in [2.75, 3.05) is 28.7 Å². The minimum absolute atomic E-state index is 0.288. The van der Waals surface area contributed by atoms with Crippen LogP contribution < -0.4 is 21.5 Å². The third-order valence-electron chi connectivity index (χ3n) is 4.56. The Kier molecular flexibility index (Phi) is 3.27. The molecule has 0 radical (unpaired) electrons. The van der Waals surface area contributed by atoms with Crippen LogP contribution in [-0.4, -0.2) is 46.3 Å². The molecule has 1 aromatic rings. The summed E-state index contributed by atoms with van der Waals surface area (Å²) in [5, 5.41) is 3.40. The topological polar surface area (TPSA) is 101 Å². The lowest BCUT2D eigenvalue weighted by Gasteiger charge is -2.21. The van der Waals surface area contributed by atoms with E-state index in [1.165, 1.54) is 19.3 Å². The van der Waals surface area contributed by atoms with Crippen LogP contribution in [0.4, 0.5) is 17.8 Å². The summed E-state index contributed by atoms with van der Waals surface area (Å²) >= 11 is 0. The van der Waals surface area contributed by atoms with Gasteiger partial charge in [0.15, 0.2) is 0 Å². The van der Waals surface area contributed by atoms with E-state index in [-0.39, 0.29) is 6.10 Å². The molecule has 3 fully saturated rings. The van der Waals surface area contributed by atoms with E-state index in [1.807, 2.05) is 0 Å². The maximum Gasteiger partial charge on any atom is 0.243 e. The molecular weight excluding hydrogens is 270 g/mol. The minimum Gasteiger partial charge on any atom is -0.373 e. The molecule has 0 saturated carbocycles. The fourth-order valence-corrected chi connectivity index (χ4v) is 3.51. The van der Waals surface area contributed by atoms with E-state index in [0.717, 1.165) is 25.9 Å². The van der Waals surface area contributed by atoms with Crippen LogP contribution in [-0.2, 0) is 4.74 Å². The molecule has 3 saturated heterocycles. The summed E-state index contributed by atoms with van der Waals surface area (Å²) in [6.45, 7) is 1.98. The summed E-state index contributed by atoms with van der Waals surface area (Å²) in [7, 11) is 0. The van der Waals surface area contributed by atoms with Crippen LogP contribution in [0.15, 0.2) is 0 Å². The number of hydrogen-bond acceptors (Lipinski definition) is 8. The molecule has 21 heavy (non-hydrogen) atoms. The number of fused-ring (bicyclic) bond motifs is 2. The van der Waals surface area contributed by atoms with E-state index >= 15 is 0 Å². The SMILES string of the molecule is NNc1nc(NC2CC3CCC2O3)nc(N2CCCC2)n1. The van der Waals surface area contributed by atoms with E-state index in [9.17, 15) is 0 Å². The largest absolute Gasteiger partial charge is 0.373 e. The van der Waals surface area contributed by atoms with Gasteiger partial charge in [-0.25, -0.2) is 5.84 Å². The van der Waals surface area contributed by atoms with Crippen LogP contribution in [0, 0.1) is 0 Å². The number of aromatic nitrogens is 3. The Morgan fingerprint density at radius 3 is 2.57 bits per heavy atom. The highest BCUT2D eigenvalue weighted by atomic mass is 16.5. The number of nitrogen functional groups attached to an aromatic ring is 1. The zero-order valence-corrected chi connectivity index (χ0v) is 12.0. The van der Waals surface area contributed by atoms with E-state index in [2.05, 4.69) is 30.6 Å². The van der Waals surface area contributed by atoms with Gasteiger partial charge in [0.05, 0.1) is 18.2 Å². The van der Waals surface area contributed by atoms with Gasteiger partial charge in [-0.1, -0.05) is 0 Å². The highest BCUT2D eigenvalue weighted by Gasteiger charge is 2.41. The number of anilines is 3. The number of nitrogens with zero attached hydrogens (tertiary/aromatic N) is 4. The maximum absolute atomic E-state index is 5.86. The summed E-state index contributed by atoms with van der Waals surface area (Å²) in [4.78, 5) is 15.4. The van der Waals surface area contributed by atoms with Gasteiger partial charge in [0.1, 0.15) is 0 Å². The van der Waals surface area contributed by atoms with Crippen LogP contribution in [0.1, 0.15) is 32.1 Å². The molecule has 8 heteroatoms. The number of nitrogens with one attached hydrogen (secondary N) is 2. The van der Waals surface area contributed by atoms with Gasteiger partial charge in [0, 0.05) is 13.1 Å². The first-order valence-electron chi connectivity index (χ1n) is 7.71. The van der Waals surface area contributed by atoms with E-state index in [0.29, 0.717) is 30.0 Å². The Morgan fingerprint density at radius 1 is 1.10 bits per heavy atom. The van der Waals surface area contributed by atoms with Gasteiger partial charge in [-0.15, -0.1) is 0 Å². The van der Waals surface area contributed by atoms with Gasteiger partial charge >= 0.3 is 0 Å². The minimum atomic E-state index is 0.288. The second-order valence-corrected chi connectivity index (χ2v) is 5.98. The van der Waals surface area contributed by atoms with Crippen LogP contribution in [0.3, 0.4) is 0 Å². The molecule has 4 rings (SSSR count). The van der Waals surface area contributed by atoms with Gasteiger partial charge in [-0.3, -0.25) is 5.43 Å². The molecule has 0 spiro atoms. The van der Waals surface area contributed by atoms with Crippen molar-refractivity contribution in [3.8, 4) is 0 Å². The molecule has 3 unspecified atom stereocenters. The van der Waals surface area contributed by atoms with Gasteiger partial charge in [-0.2, -0.15) is 15.0 Å². The van der Waals surface area contributed by atoms with Crippen molar-refractivity contribution in [1.29, 1.82) is 0 Å². The van der Waals surface area contributed by atoms with Gasteiger partial charge in [0.25, 0.3) is 0 Å². The summed E-state index contributed by atoms with van der Waals surface area (Å²) in [6, 6.07) is 0.295. The van der Waals surface area contributed by atoms with Crippen molar-refractivity contribution in [2.45, 2.75) is 50.4 Å². The third-order valence-corrected chi connectivity index (χ3v) is 4.56. The Labute approximate surface area is 123 Å². The molecule has 0 aromatic carbocycles. The Morgan fingerprint density at radius 2 is 1.90 bits per heavy atom. The molecule has 0 aliphatic carbocycles. The van der Waals surface area contributed by atoms with Crippen molar-refractivity contribution in [1.82, 2.24) is 15.0 Å². The van der Waals surface area contributed by atoms with Gasteiger partial charge in [-0.05, 0) is 32.1 Å². The van der Waals surface area contributed by atoms with E-state index < -0.39 is 0 Å². The fourth-order valence-electron chi connectivity index (χ4n) is 3.51. The first kappa shape index (κ1) is 13.0. The highest BCUT2D eigenvalue weighted by molar-refractivity contribution is 5.44.